The standard InChI is InChI=1S/C24H26N2O4/c1-14(2)22(25-15(3)27)23(28)26-21(24(29)30)13-20-18-10-6-4-8-16(18)12-17-9-5-7-11-19(17)20/h4-12,14,21-22H,13H2,1-3H3,(H,25,27)(H,26,28)(H,29,30)/t21-,22+/m0/s1. The molecule has 30 heavy (non-hydrogen) atoms. The van der Waals surface area contributed by atoms with Crippen molar-refractivity contribution >= 4 is 39.3 Å². The van der Waals surface area contributed by atoms with Gasteiger partial charge in [-0.2, -0.15) is 0 Å². The summed E-state index contributed by atoms with van der Waals surface area (Å²) >= 11 is 0. The minimum Gasteiger partial charge on any atom is -0.480 e. The number of rotatable bonds is 7. The van der Waals surface area contributed by atoms with Crippen molar-refractivity contribution in [2.45, 2.75) is 39.3 Å². The number of hydrogen-bond donors (Lipinski definition) is 3. The van der Waals surface area contributed by atoms with E-state index in [-0.39, 0.29) is 18.2 Å². The summed E-state index contributed by atoms with van der Waals surface area (Å²) in [7, 11) is 0. The van der Waals surface area contributed by atoms with Crippen LogP contribution in [0.1, 0.15) is 26.3 Å². The zero-order valence-corrected chi connectivity index (χ0v) is 17.3. The number of hydrogen-bond acceptors (Lipinski definition) is 3. The molecule has 0 saturated carbocycles. The van der Waals surface area contributed by atoms with Gasteiger partial charge in [0.05, 0.1) is 0 Å². The van der Waals surface area contributed by atoms with Gasteiger partial charge in [0.2, 0.25) is 11.8 Å². The highest BCUT2D eigenvalue weighted by atomic mass is 16.4. The quantitative estimate of drug-likeness (QED) is 0.525. The molecule has 2 atom stereocenters. The van der Waals surface area contributed by atoms with Gasteiger partial charge in [-0.1, -0.05) is 62.4 Å². The summed E-state index contributed by atoms with van der Waals surface area (Å²) in [5.74, 6) is -2.14. The van der Waals surface area contributed by atoms with Gasteiger partial charge in [0.25, 0.3) is 0 Å². The molecule has 2 amide bonds. The average molecular weight is 406 g/mol. The third kappa shape index (κ3) is 4.59. The lowest BCUT2D eigenvalue weighted by Gasteiger charge is -2.24. The van der Waals surface area contributed by atoms with Gasteiger partial charge in [0.15, 0.2) is 0 Å². The van der Waals surface area contributed by atoms with E-state index >= 15 is 0 Å². The molecular weight excluding hydrogens is 380 g/mol. The van der Waals surface area contributed by atoms with Crippen LogP contribution in [0.2, 0.25) is 0 Å². The molecule has 0 heterocycles. The number of benzene rings is 3. The van der Waals surface area contributed by atoms with Crippen molar-refractivity contribution in [3.63, 3.8) is 0 Å². The van der Waals surface area contributed by atoms with Gasteiger partial charge in [-0.3, -0.25) is 9.59 Å². The first-order valence-electron chi connectivity index (χ1n) is 9.97. The Kier molecular flexibility index (Phi) is 6.35. The van der Waals surface area contributed by atoms with E-state index in [1.807, 2.05) is 48.5 Å². The Hall–Kier alpha value is -3.41. The zero-order valence-electron chi connectivity index (χ0n) is 17.3. The topological polar surface area (TPSA) is 95.5 Å². The fourth-order valence-electron chi connectivity index (χ4n) is 3.75. The second-order valence-electron chi connectivity index (χ2n) is 7.82. The largest absolute Gasteiger partial charge is 0.480 e. The van der Waals surface area contributed by atoms with E-state index in [0.29, 0.717) is 0 Å². The van der Waals surface area contributed by atoms with Crippen LogP contribution < -0.4 is 10.6 Å². The Bertz CT molecular complexity index is 1050. The minimum atomic E-state index is -1.12. The maximum atomic E-state index is 12.8. The van der Waals surface area contributed by atoms with Gasteiger partial charge in [-0.05, 0) is 39.1 Å². The lowest BCUT2D eigenvalue weighted by molar-refractivity contribution is -0.142. The van der Waals surface area contributed by atoms with E-state index in [9.17, 15) is 19.5 Å². The van der Waals surface area contributed by atoms with E-state index in [1.54, 1.807) is 13.8 Å². The average Bonchev–Trinajstić information content (AvgIpc) is 2.70. The van der Waals surface area contributed by atoms with E-state index in [2.05, 4.69) is 16.7 Å². The molecule has 6 heteroatoms. The van der Waals surface area contributed by atoms with Crippen LogP contribution in [-0.2, 0) is 20.8 Å². The first kappa shape index (κ1) is 21.3. The predicted octanol–water partition coefficient (Wildman–Crippen LogP) is 3.27. The summed E-state index contributed by atoms with van der Waals surface area (Å²) < 4.78 is 0. The molecule has 3 N–H and O–H groups in total. The molecule has 0 unspecified atom stereocenters. The molecule has 0 saturated heterocycles. The Morgan fingerprint density at radius 3 is 1.90 bits per heavy atom. The third-order valence-electron chi connectivity index (χ3n) is 5.21. The number of carboxylic acids is 1. The SMILES string of the molecule is CC(=O)N[C@@H](C(=O)N[C@@H](Cc1c2ccccc2cc2ccccc12)C(=O)O)C(C)C. The maximum Gasteiger partial charge on any atom is 0.326 e. The van der Waals surface area contributed by atoms with Gasteiger partial charge < -0.3 is 15.7 Å². The molecule has 3 rings (SSSR count). The van der Waals surface area contributed by atoms with Crippen molar-refractivity contribution in [2.75, 3.05) is 0 Å². The molecule has 0 spiro atoms. The maximum absolute atomic E-state index is 12.8. The molecule has 3 aromatic rings. The minimum absolute atomic E-state index is 0.133. The second-order valence-corrected chi connectivity index (χ2v) is 7.82. The normalized spacial score (nSPS) is 13.2. The second kappa shape index (κ2) is 8.95. The van der Waals surface area contributed by atoms with E-state index in [4.69, 9.17) is 0 Å². The number of carbonyl (C=O) groups excluding carboxylic acids is 2. The van der Waals surface area contributed by atoms with Gasteiger partial charge >= 0.3 is 5.97 Å². The smallest absolute Gasteiger partial charge is 0.326 e. The highest BCUT2D eigenvalue weighted by Crippen LogP contribution is 2.29. The van der Waals surface area contributed by atoms with Crippen molar-refractivity contribution in [1.82, 2.24) is 10.6 Å². The van der Waals surface area contributed by atoms with E-state index in [1.165, 1.54) is 6.92 Å². The van der Waals surface area contributed by atoms with Crippen LogP contribution in [0.5, 0.6) is 0 Å². The molecule has 0 fully saturated rings. The van der Waals surface area contributed by atoms with Crippen LogP contribution in [-0.4, -0.2) is 35.0 Å². The third-order valence-corrected chi connectivity index (χ3v) is 5.21. The van der Waals surface area contributed by atoms with Crippen molar-refractivity contribution in [3.05, 3.63) is 60.2 Å². The van der Waals surface area contributed by atoms with Crippen molar-refractivity contribution in [3.8, 4) is 0 Å². The van der Waals surface area contributed by atoms with Gasteiger partial charge in [-0.25, -0.2) is 4.79 Å². The van der Waals surface area contributed by atoms with Crippen LogP contribution >= 0.6 is 0 Å². The summed E-state index contributed by atoms with van der Waals surface area (Å²) in [6, 6.07) is 15.8. The van der Waals surface area contributed by atoms with Gasteiger partial charge in [0, 0.05) is 13.3 Å². The Morgan fingerprint density at radius 2 is 1.43 bits per heavy atom. The summed E-state index contributed by atoms with van der Waals surface area (Å²) in [5, 5.41) is 19.0. The predicted molar refractivity (Wildman–Crippen MR) is 117 cm³/mol. The van der Waals surface area contributed by atoms with E-state index in [0.717, 1.165) is 27.1 Å². The Labute approximate surface area is 175 Å². The van der Waals surface area contributed by atoms with Crippen LogP contribution in [0.25, 0.3) is 21.5 Å². The molecule has 0 aromatic heterocycles. The summed E-state index contributed by atoms with van der Waals surface area (Å²) in [5.41, 5.74) is 0.872. The number of amides is 2. The van der Waals surface area contributed by atoms with Crippen LogP contribution in [0, 0.1) is 5.92 Å². The molecule has 0 bridgehead atoms. The van der Waals surface area contributed by atoms with Crippen LogP contribution in [0.3, 0.4) is 0 Å². The van der Waals surface area contributed by atoms with Crippen molar-refractivity contribution in [2.24, 2.45) is 5.92 Å². The molecule has 156 valence electrons. The van der Waals surface area contributed by atoms with Gasteiger partial charge in [-0.15, -0.1) is 0 Å². The monoisotopic (exact) mass is 406 g/mol. The fraction of sp³-hybridized carbons (Fsp3) is 0.292. The Morgan fingerprint density at radius 1 is 0.900 bits per heavy atom. The van der Waals surface area contributed by atoms with Crippen molar-refractivity contribution in [1.29, 1.82) is 0 Å². The highest BCUT2D eigenvalue weighted by molar-refractivity contribution is 6.02. The molecule has 0 aliphatic carbocycles. The van der Waals surface area contributed by atoms with Crippen LogP contribution in [0.4, 0.5) is 0 Å². The summed E-state index contributed by atoms with van der Waals surface area (Å²) in [6.07, 6.45) is 0.133. The number of fused-ring (bicyclic) bond motifs is 2. The van der Waals surface area contributed by atoms with Gasteiger partial charge in [0.1, 0.15) is 12.1 Å². The fourth-order valence-corrected chi connectivity index (χ4v) is 3.75. The molecular formula is C24H26N2O4. The number of nitrogens with one attached hydrogen (secondary N) is 2. The highest BCUT2D eigenvalue weighted by Gasteiger charge is 2.28. The summed E-state index contributed by atoms with van der Waals surface area (Å²) in [4.78, 5) is 36.2. The summed E-state index contributed by atoms with van der Waals surface area (Å²) in [6.45, 7) is 4.93. The molecule has 0 aliphatic heterocycles. The lowest BCUT2D eigenvalue weighted by atomic mass is 9.92. The van der Waals surface area contributed by atoms with Crippen molar-refractivity contribution < 1.29 is 19.5 Å². The molecule has 3 aromatic carbocycles. The molecule has 0 aliphatic rings. The lowest BCUT2D eigenvalue weighted by Crippen LogP contribution is -2.53. The van der Waals surface area contributed by atoms with E-state index < -0.39 is 24.0 Å². The first-order chi connectivity index (χ1) is 14.3. The van der Waals surface area contributed by atoms with Crippen LogP contribution in [0.15, 0.2) is 54.6 Å². The number of aliphatic carboxylic acids is 1. The molecule has 0 radical (unpaired) electrons. The molecule has 6 nitrogen and oxygen atoms in total. The first-order valence-corrected chi connectivity index (χ1v) is 9.97. The number of carbonyl (C=O) groups is 3. The zero-order chi connectivity index (χ0) is 21.8. The Balaban J connectivity index is 1.99. The number of carboxylic acid groups (broad SMARTS) is 1.